The Morgan fingerprint density at radius 1 is 1.16 bits per heavy atom. The lowest BCUT2D eigenvalue weighted by molar-refractivity contribution is -0.131. The van der Waals surface area contributed by atoms with Gasteiger partial charge in [-0.05, 0) is 23.8 Å². The minimum atomic E-state index is -0.935. The first kappa shape index (κ1) is 13.5. The molecular formula is C15H14O3S. The van der Waals surface area contributed by atoms with Crippen LogP contribution in [0.1, 0.15) is 15.3 Å². The van der Waals surface area contributed by atoms with Gasteiger partial charge in [0.05, 0.1) is 13.2 Å². The standard InChI is InChI=1S/C15H14O3S/c16-15(17)9-8-13-6-7-14(19-13)11-18-10-12-4-2-1-3-5-12/h1-9H,10-11H2,(H,16,17). The van der Waals surface area contributed by atoms with Gasteiger partial charge in [0.2, 0.25) is 0 Å². The van der Waals surface area contributed by atoms with Crippen molar-refractivity contribution in [2.45, 2.75) is 13.2 Å². The third-order valence-electron chi connectivity index (χ3n) is 2.43. The molecule has 0 atom stereocenters. The van der Waals surface area contributed by atoms with E-state index in [-0.39, 0.29) is 0 Å². The van der Waals surface area contributed by atoms with Crippen molar-refractivity contribution in [2.75, 3.05) is 0 Å². The minimum Gasteiger partial charge on any atom is -0.478 e. The number of carboxylic acids is 1. The molecule has 2 rings (SSSR count). The maximum absolute atomic E-state index is 10.4. The molecule has 0 aliphatic heterocycles. The Labute approximate surface area is 115 Å². The van der Waals surface area contributed by atoms with Gasteiger partial charge in [-0.25, -0.2) is 4.79 Å². The van der Waals surface area contributed by atoms with Crippen molar-refractivity contribution < 1.29 is 14.6 Å². The van der Waals surface area contributed by atoms with Crippen LogP contribution >= 0.6 is 11.3 Å². The van der Waals surface area contributed by atoms with Gasteiger partial charge in [0.25, 0.3) is 0 Å². The van der Waals surface area contributed by atoms with Crippen LogP contribution in [0.2, 0.25) is 0 Å². The van der Waals surface area contributed by atoms with Gasteiger partial charge in [-0.2, -0.15) is 0 Å². The van der Waals surface area contributed by atoms with Crippen molar-refractivity contribution in [3.63, 3.8) is 0 Å². The smallest absolute Gasteiger partial charge is 0.328 e. The van der Waals surface area contributed by atoms with E-state index in [1.54, 1.807) is 6.08 Å². The topological polar surface area (TPSA) is 46.5 Å². The van der Waals surface area contributed by atoms with E-state index in [2.05, 4.69) is 0 Å². The molecule has 4 heteroatoms. The summed E-state index contributed by atoms with van der Waals surface area (Å²) < 4.78 is 5.61. The van der Waals surface area contributed by atoms with Crippen LogP contribution in [0, 0.1) is 0 Å². The molecule has 3 nitrogen and oxygen atoms in total. The van der Waals surface area contributed by atoms with Gasteiger partial charge in [0.15, 0.2) is 0 Å². The second-order valence-corrected chi connectivity index (χ2v) is 5.15. The average Bonchev–Trinajstić information content (AvgIpc) is 2.86. The Morgan fingerprint density at radius 2 is 1.95 bits per heavy atom. The summed E-state index contributed by atoms with van der Waals surface area (Å²) in [6.07, 6.45) is 2.73. The third-order valence-corrected chi connectivity index (χ3v) is 3.45. The third kappa shape index (κ3) is 4.69. The fraction of sp³-hybridized carbons (Fsp3) is 0.133. The summed E-state index contributed by atoms with van der Waals surface area (Å²) in [5.74, 6) is -0.935. The van der Waals surface area contributed by atoms with E-state index in [4.69, 9.17) is 9.84 Å². The molecule has 0 bridgehead atoms. The molecule has 0 saturated carbocycles. The molecule has 0 amide bonds. The van der Waals surface area contributed by atoms with Crippen molar-refractivity contribution in [1.29, 1.82) is 0 Å². The molecule has 0 aliphatic rings. The van der Waals surface area contributed by atoms with E-state index < -0.39 is 5.97 Å². The summed E-state index contributed by atoms with van der Waals surface area (Å²) in [4.78, 5) is 12.4. The van der Waals surface area contributed by atoms with Crippen LogP contribution in [-0.4, -0.2) is 11.1 Å². The Hall–Kier alpha value is -1.91. The first-order valence-corrected chi connectivity index (χ1v) is 6.67. The number of hydrogen-bond acceptors (Lipinski definition) is 3. The van der Waals surface area contributed by atoms with Gasteiger partial charge in [-0.15, -0.1) is 11.3 Å². The maximum Gasteiger partial charge on any atom is 0.328 e. The average molecular weight is 274 g/mol. The van der Waals surface area contributed by atoms with Gasteiger partial charge < -0.3 is 9.84 Å². The number of carbonyl (C=O) groups is 1. The Balaban J connectivity index is 1.82. The summed E-state index contributed by atoms with van der Waals surface area (Å²) in [6.45, 7) is 1.12. The molecule has 1 N–H and O–H groups in total. The molecule has 2 aromatic rings. The lowest BCUT2D eigenvalue weighted by Crippen LogP contribution is -1.91. The molecule has 0 unspecified atom stereocenters. The second-order valence-electron chi connectivity index (χ2n) is 3.95. The number of ether oxygens (including phenoxy) is 1. The largest absolute Gasteiger partial charge is 0.478 e. The van der Waals surface area contributed by atoms with Gasteiger partial charge in [0.1, 0.15) is 0 Å². The summed E-state index contributed by atoms with van der Waals surface area (Å²) in [5.41, 5.74) is 1.14. The van der Waals surface area contributed by atoms with Crippen molar-refractivity contribution >= 4 is 23.4 Å². The van der Waals surface area contributed by atoms with E-state index in [0.29, 0.717) is 13.2 Å². The minimum absolute atomic E-state index is 0.542. The fourth-order valence-corrected chi connectivity index (χ4v) is 2.41. The zero-order valence-corrected chi connectivity index (χ0v) is 11.1. The summed E-state index contributed by atoms with van der Waals surface area (Å²) >= 11 is 1.53. The first-order chi connectivity index (χ1) is 9.24. The summed E-state index contributed by atoms with van der Waals surface area (Å²) in [6, 6.07) is 13.8. The van der Waals surface area contributed by atoms with Crippen LogP contribution in [-0.2, 0) is 22.7 Å². The SMILES string of the molecule is O=C(O)C=Cc1ccc(COCc2ccccc2)s1. The number of benzene rings is 1. The van der Waals surface area contributed by atoms with Crippen LogP contribution in [0.4, 0.5) is 0 Å². The second kappa shape index (κ2) is 6.87. The van der Waals surface area contributed by atoms with E-state index in [0.717, 1.165) is 21.4 Å². The Bertz CT molecular complexity index is 558. The van der Waals surface area contributed by atoms with Crippen molar-refractivity contribution in [3.05, 3.63) is 63.9 Å². The highest BCUT2D eigenvalue weighted by Crippen LogP contribution is 2.19. The molecule has 1 aromatic heterocycles. The number of hydrogen-bond donors (Lipinski definition) is 1. The number of thiophene rings is 1. The van der Waals surface area contributed by atoms with E-state index >= 15 is 0 Å². The molecular weight excluding hydrogens is 260 g/mol. The monoisotopic (exact) mass is 274 g/mol. The predicted molar refractivity (Wildman–Crippen MR) is 75.9 cm³/mol. The van der Waals surface area contributed by atoms with Crippen molar-refractivity contribution in [1.82, 2.24) is 0 Å². The van der Waals surface area contributed by atoms with Crippen LogP contribution in [0.3, 0.4) is 0 Å². The van der Waals surface area contributed by atoms with Gasteiger partial charge in [-0.3, -0.25) is 0 Å². The zero-order chi connectivity index (χ0) is 13.5. The molecule has 0 spiro atoms. The van der Waals surface area contributed by atoms with E-state index in [9.17, 15) is 4.79 Å². The van der Waals surface area contributed by atoms with Crippen LogP contribution in [0.5, 0.6) is 0 Å². The van der Waals surface area contributed by atoms with Crippen molar-refractivity contribution in [3.8, 4) is 0 Å². The molecule has 98 valence electrons. The molecule has 19 heavy (non-hydrogen) atoms. The van der Waals surface area contributed by atoms with Crippen LogP contribution in [0.25, 0.3) is 6.08 Å². The summed E-state index contributed by atoms with van der Waals surface area (Å²) in [7, 11) is 0. The first-order valence-electron chi connectivity index (χ1n) is 5.85. The van der Waals surface area contributed by atoms with Crippen molar-refractivity contribution in [2.24, 2.45) is 0 Å². The Morgan fingerprint density at radius 3 is 2.68 bits per heavy atom. The molecule has 0 fully saturated rings. The zero-order valence-electron chi connectivity index (χ0n) is 10.3. The molecule has 1 aromatic carbocycles. The predicted octanol–water partition coefficient (Wildman–Crippen LogP) is 3.56. The number of aliphatic carboxylic acids is 1. The normalized spacial score (nSPS) is 10.9. The Kier molecular flexibility index (Phi) is 4.89. The van der Waals surface area contributed by atoms with Gasteiger partial charge in [-0.1, -0.05) is 30.3 Å². The van der Waals surface area contributed by atoms with Gasteiger partial charge >= 0.3 is 5.97 Å². The molecule has 1 heterocycles. The van der Waals surface area contributed by atoms with Crippen LogP contribution < -0.4 is 0 Å². The lowest BCUT2D eigenvalue weighted by atomic mass is 10.2. The van der Waals surface area contributed by atoms with Gasteiger partial charge in [0, 0.05) is 15.8 Å². The lowest BCUT2D eigenvalue weighted by Gasteiger charge is -2.02. The highest BCUT2D eigenvalue weighted by molar-refractivity contribution is 7.12. The number of carboxylic acid groups (broad SMARTS) is 1. The molecule has 0 saturated heterocycles. The maximum atomic E-state index is 10.4. The summed E-state index contributed by atoms with van der Waals surface area (Å²) in [5, 5.41) is 8.54. The number of rotatable bonds is 6. The van der Waals surface area contributed by atoms with E-state index in [1.165, 1.54) is 11.3 Å². The highest BCUT2D eigenvalue weighted by Gasteiger charge is 1.99. The quantitative estimate of drug-likeness (QED) is 0.819. The fourth-order valence-electron chi connectivity index (χ4n) is 1.56. The van der Waals surface area contributed by atoms with Crippen LogP contribution in [0.15, 0.2) is 48.5 Å². The van der Waals surface area contributed by atoms with E-state index in [1.807, 2.05) is 42.5 Å². The molecule has 0 aliphatic carbocycles. The highest BCUT2D eigenvalue weighted by atomic mass is 32.1. The molecule has 0 radical (unpaired) electrons.